The highest BCUT2D eigenvalue weighted by Gasteiger charge is 2.53. The minimum Gasteiger partial charge on any atom is -0.356 e. The topological polar surface area (TPSA) is 6.48 Å². The summed E-state index contributed by atoms with van der Waals surface area (Å²) in [4.78, 5) is 4.74. The molecule has 5 aromatic rings. The number of para-hydroxylation sites is 1. The number of hydrogen-bond acceptors (Lipinski definition) is 2. The maximum Gasteiger partial charge on any atom is 0.416 e. The van der Waals surface area contributed by atoms with Crippen LogP contribution in [0.25, 0.3) is 16.7 Å². The average Bonchev–Trinajstić information content (AvgIpc) is 3.17. The highest BCUT2D eigenvalue weighted by Crippen LogP contribution is 2.52. The molecule has 3 atom stereocenters. The average molecular weight is 755 g/mol. The van der Waals surface area contributed by atoms with Crippen LogP contribution in [0.3, 0.4) is 0 Å². The van der Waals surface area contributed by atoms with E-state index in [2.05, 4.69) is 91.3 Å². The van der Waals surface area contributed by atoms with Crippen molar-refractivity contribution in [2.75, 3.05) is 9.80 Å². The quantitative estimate of drug-likeness (QED) is 0.133. The second-order valence-corrected chi connectivity index (χ2v) is 15.4. The molecule has 0 spiro atoms. The van der Waals surface area contributed by atoms with Crippen molar-refractivity contribution in [3.63, 3.8) is 0 Å². The highest BCUT2D eigenvalue weighted by atomic mass is 19.4. The number of anilines is 4. The lowest BCUT2D eigenvalue weighted by atomic mass is 9.28. The number of fused-ring (bicyclic) bond motifs is 4. The van der Waals surface area contributed by atoms with Crippen LogP contribution in [-0.4, -0.2) is 18.3 Å². The molecule has 0 aromatic heterocycles. The Morgan fingerprint density at radius 3 is 2.04 bits per heavy atom. The summed E-state index contributed by atoms with van der Waals surface area (Å²) in [5.41, 5.74) is 9.50. The zero-order valence-electron chi connectivity index (χ0n) is 31.0. The maximum atomic E-state index is 13.7. The first-order valence-electron chi connectivity index (χ1n) is 18.8. The van der Waals surface area contributed by atoms with Crippen molar-refractivity contribution in [1.82, 2.24) is 0 Å². The molecule has 4 aliphatic rings. The zero-order valence-corrected chi connectivity index (χ0v) is 31.0. The minimum absolute atomic E-state index is 0.0121. The molecule has 0 N–H and O–H groups in total. The van der Waals surface area contributed by atoms with Gasteiger partial charge in [0.05, 0.1) is 22.4 Å². The van der Waals surface area contributed by atoms with Crippen molar-refractivity contribution in [3.05, 3.63) is 173 Å². The molecule has 0 radical (unpaired) electrons. The summed E-state index contributed by atoms with van der Waals surface area (Å²) >= 11 is 0. The van der Waals surface area contributed by atoms with Gasteiger partial charge in [-0.2, -0.15) is 26.3 Å². The van der Waals surface area contributed by atoms with Gasteiger partial charge in [0.25, 0.3) is 0 Å². The Hall–Kier alpha value is -5.70. The van der Waals surface area contributed by atoms with Crippen molar-refractivity contribution in [1.29, 1.82) is 0 Å². The van der Waals surface area contributed by atoms with Crippen LogP contribution in [0.2, 0.25) is 5.82 Å². The summed E-state index contributed by atoms with van der Waals surface area (Å²) in [6.07, 6.45) is 4.70. The number of alkyl halides is 6. The lowest BCUT2D eigenvalue weighted by molar-refractivity contribution is -0.138. The molecule has 0 saturated carbocycles. The Morgan fingerprint density at radius 2 is 1.34 bits per heavy atom. The molecule has 5 aromatic carbocycles. The number of halogens is 6. The van der Waals surface area contributed by atoms with Gasteiger partial charge in [0.2, 0.25) is 6.71 Å². The largest absolute Gasteiger partial charge is 0.416 e. The van der Waals surface area contributed by atoms with Crippen molar-refractivity contribution in [3.8, 4) is 11.1 Å². The zero-order chi connectivity index (χ0) is 39.1. The number of rotatable bonds is 4. The van der Waals surface area contributed by atoms with Gasteiger partial charge in [-0.05, 0) is 109 Å². The van der Waals surface area contributed by atoms with Crippen molar-refractivity contribution >= 4 is 46.0 Å². The predicted molar refractivity (Wildman–Crippen MR) is 216 cm³/mol. The minimum atomic E-state index is -4.45. The van der Waals surface area contributed by atoms with Crippen LogP contribution >= 0.6 is 0 Å². The fourth-order valence-corrected chi connectivity index (χ4v) is 9.46. The Morgan fingerprint density at radius 1 is 0.696 bits per heavy atom. The van der Waals surface area contributed by atoms with Gasteiger partial charge in [0.15, 0.2) is 0 Å². The van der Waals surface area contributed by atoms with Gasteiger partial charge in [-0.3, -0.25) is 0 Å². The molecule has 56 heavy (non-hydrogen) atoms. The third-order valence-corrected chi connectivity index (χ3v) is 11.9. The summed E-state index contributed by atoms with van der Waals surface area (Å²) in [6, 6.07) is 31.4. The molecule has 3 unspecified atom stereocenters. The van der Waals surface area contributed by atoms with Gasteiger partial charge in [-0.1, -0.05) is 108 Å². The van der Waals surface area contributed by atoms with Crippen LogP contribution in [-0.2, 0) is 12.4 Å². The second kappa shape index (κ2) is 12.9. The summed E-state index contributed by atoms with van der Waals surface area (Å²) in [5, 5.41) is 0. The van der Waals surface area contributed by atoms with E-state index in [0.717, 1.165) is 85.8 Å². The number of aryl methyl sites for hydroxylation is 1. The Labute approximate surface area is 322 Å². The van der Waals surface area contributed by atoms with Gasteiger partial charge in [-0.25, -0.2) is 0 Å². The summed E-state index contributed by atoms with van der Waals surface area (Å²) in [5.74, 6) is 0.0121. The normalized spacial score (nSPS) is 21.3. The first-order chi connectivity index (χ1) is 26.7. The fraction of sp³-hybridized carbons (Fsp3) is 0.191. The summed E-state index contributed by atoms with van der Waals surface area (Å²) in [7, 11) is 0. The predicted octanol–water partition coefficient (Wildman–Crippen LogP) is 12.0. The van der Waals surface area contributed by atoms with E-state index in [1.54, 1.807) is 12.1 Å². The molecule has 2 aliphatic heterocycles. The molecule has 0 saturated heterocycles. The van der Waals surface area contributed by atoms with Gasteiger partial charge in [-0.15, -0.1) is 0 Å². The van der Waals surface area contributed by atoms with E-state index in [4.69, 9.17) is 0 Å². The molecule has 0 fully saturated rings. The third-order valence-electron chi connectivity index (χ3n) is 11.9. The molecule has 0 bridgehead atoms. The Kier molecular flexibility index (Phi) is 8.31. The van der Waals surface area contributed by atoms with Crippen molar-refractivity contribution in [2.45, 2.75) is 56.9 Å². The molecule has 0 amide bonds. The number of benzene rings is 5. The second-order valence-electron chi connectivity index (χ2n) is 15.4. The van der Waals surface area contributed by atoms with Crippen LogP contribution < -0.4 is 20.7 Å². The van der Waals surface area contributed by atoms with Gasteiger partial charge < -0.3 is 9.80 Å². The van der Waals surface area contributed by atoms with Crippen LogP contribution in [0.15, 0.2) is 151 Å². The van der Waals surface area contributed by atoms with Crippen molar-refractivity contribution in [2.24, 2.45) is 0 Å². The molecular weight excluding hydrogens is 717 g/mol. The van der Waals surface area contributed by atoms with Gasteiger partial charge >= 0.3 is 12.4 Å². The number of hydrogen-bond donors (Lipinski definition) is 0. The first-order valence-corrected chi connectivity index (χ1v) is 18.8. The van der Waals surface area contributed by atoms with E-state index in [0.29, 0.717) is 12.0 Å². The SMILES string of the molecule is CC1=CC2B3c4cc(C)ccc4N(c4ccccc4-c4ccc(C(F)(F)F)cc4)c4cccc(c43)N(C3(C)CC=CC=C3c3ccc(C(F)(F)F)cc3)C2C=C1. The maximum absolute atomic E-state index is 13.7. The first kappa shape index (κ1) is 36.0. The molecule has 280 valence electrons. The molecule has 2 nitrogen and oxygen atoms in total. The molecule has 9 rings (SSSR count). The smallest absolute Gasteiger partial charge is 0.356 e. The van der Waals surface area contributed by atoms with E-state index in [-0.39, 0.29) is 18.6 Å². The standard InChI is InChI=1S/C47H37BF6N2/c1-29-14-24-40-37(27-29)48-38-28-30(2)15-25-41(38)56(45(3)26-7-6-10-36(45)32-18-22-34(23-19-32)47(52,53)54)43-13-8-12-42(44(43)48)55(40)39-11-5-4-9-35(39)31-16-20-33(21-17-31)46(49,50)51/h4-25,27-28,38,41H,26H2,1-3H3. The molecule has 2 heterocycles. The van der Waals surface area contributed by atoms with E-state index >= 15 is 0 Å². The monoisotopic (exact) mass is 754 g/mol. The fourth-order valence-electron chi connectivity index (χ4n) is 9.46. The van der Waals surface area contributed by atoms with Crippen molar-refractivity contribution < 1.29 is 26.3 Å². The summed E-state index contributed by atoms with van der Waals surface area (Å²) in [6.45, 7) is 6.36. The lowest BCUT2D eigenvalue weighted by Crippen LogP contribution is -2.67. The highest BCUT2D eigenvalue weighted by molar-refractivity contribution is 6.91. The van der Waals surface area contributed by atoms with Gasteiger partial charge in [0.1, 0.15) is 0 Å². The van der Waals surface area contributed by atoms with Crippen LogP contribution in [0.1, 0.15) is 42.5 Å². The van der Waals surface area contributed by atoms with Crippen LogP contribution in [0.4, 0.5) is 49.1 Å². The number of nitrogens with zero attached hydrogens (tertiary/aromatic N) is 2. The lowest BCUT2D eigenvalue weighted by Gasteiger charge is -2.57. The van der Waals surface area contributed by atoms with E-state index < -0.39 is 29.0 Å². The molecular formula is C47H37BF6N2. The third kappa shape index (κ3) is 5.73. The summed E-state index contributed by atoms with van der Waals surface area (Å²) < 4.78 is 81.9. The number of allylic oxidation sites excluding steroid dienone is 4. The molecule has 2 aliphatic carbocycles. The van der Waals surface area contributed by atoms with E-state index in [1.165, 1.54) is 12.1 Å². The Bertz CT molecular complexity index is 2490. The van der Waals surface area contributed by atoms with E-state index in [1.807, 2.05) is 36.4 Å². The molecule has 9 heteroatoms. The van der Waals surface area contributed by atoms with E-state index in [9.17, 15) is 26.3 Å². The van der Waals surface area contributed by atoms with Gasteiger partial charge in [0, 0.05) is 28.7 Å². The van der Waals surface area contributed by atoms with Crippen LogP contribution in [0.5, 0.6) is 0 Å². The Balaban J connectivity index is 1.26. The van der Waals surface area contributed by atoms with Crippen LogP contribution in [0, 0.1) is 6.92 Å².